The number of hydrogen-bond donors (Lipinski definition) is 1. The van der Waals surface area contributed by atoms with Gasteiger partial charge in [0.25, 0.3) is 0 Å². The van der Waals surface area contributed by atoms with Gasteiger partial charge in [-0.15, -0.1) is 0 Å². The highest BCUT2D eigenvalue weighted by molar-refractivity contribution is 5.66. The van der Waals surface area contributed by atoms with Crippen molar-refractivity contribution < 1.29 is 14.3 Å². The third-order valence-electron chi connectivity index (χ3n) is 2.84. The van der Waals surface area contributed by atoms with Gasteiger partial charge in [0.05, 0.1) is 6.26 Å². The van der Waals surface area contributed by atoms with E-state index in [4.69, 9.17) is 9.52 Å². The standard InChI is InChI=1S/C13H21NO3/c1-11-12(7-9-17-11)10-14(2)8-5-3-4-6-13(15)16/h7,9H,3-6,8,10H2,1-2H3,(H,15,16). The van der Waals surface area contributed by atoms with Crippen LogP contribution < -0.4 is 0 Å². The first-order chi connectivity index (χ1) is 8.09. The first-order valence-electron chi connectivity index (χ1n) is 6.03. The predicted molar refractivity (Wildman–Crippen MR) is 65.9 cm³/mol. The summed E-state index contributed by atoms with van der Waals surface area (Å²) in [5.74, 6) is 0.273. The lowest BCUT2D eigenvalue weighted by molar-refractivity contribution is -0.137. The summed E-state index contributed by atoms with van der Waals surface area (Å²) in [5, 5.41) is 8.50. The van der Waals surface area contributed by atoms with E-state index in [1.165, 1.54) is 5.56 Å². The summed E-state index contributed by atoms with van der Waals surface area (Å²) < 4.78 is 5.24. The SMILES string of the molecule is Cc1occc1CN(C)CCCCCC(=O)O. The second kappa shape index (κ2) is 7.12. The smallest absolute Gasteiger partial charge is 0.303 e. The molecule has 4 nitrogen and oxygen atoms in total. The molecule has 1 aromatic rings. The zero-order valence-electron chi connectivity index (χ0n) is 10.6. The first-order valence-corrected chi connectivity index (χ1v) is 6.03. The fourth-order valence-electron chi connectivity index (χ4n) is 1.78. The Hall–Kier alpha value is -1.29. The molecule has 0 aliphatic heterocycles. The molecule has 0 aromatic carbocycles. The van der Waals surface area contributed by atoms with Crippen molar-refractivity contribution in [1.82, 2.24) is 4.90 Å². The molecule has 0 amide bonds. The zero-order chi connectivity index (χ0) is 12.7. The Balaban J connectivity index is 2.11. The molecule has 96 valence electrons. The van der Waals surface area contributed by atoms with Crippen molar-refractivity contribution in [3.63, 3.8) is 0 Å². The van der Waals surface area contributed by atoms with Crippen LogP contribution in [0.5, 0.6) is 0 Å². The number of aliphatic carboxylic acids is 1. The Morgan fingerprint density at radius 1 is 1.41 bits per heavy atom. The van der Waals surface area contributed by atoms with Crippen LogP contribution in [0.3, 0.4) is 0 Å². The number of carbonyl (C=O) groups is 1. The Morgan fingerprint density at radius 2 is 2.18 bits per heavy atom. The van der Waals surface area contributed by atoms with Gasteiger partial charge in [-0.3, -0.25) is 4.79 Å². The molecular formula is C13H21NO3. The molecule has 1 heterocycles. The largest absolute Gasteiger partial charge is 0.481 e. The van der Waals surface area contributed by atoms with Crippen LogP contribution in [0.1, 0.15) is 37.0 Å². The molecule has 0 aliphatic rings. The number of hydrogen-bond acceptors (Lipinski definition) is 3. The van der Waals surface area contributed by atoms with E-state index in [2.05, 4.69) is 11.9 Å². The lowest BCUT2D eigenvalue weighted by Gasteiger charge is -2.15. The minimum atomic E-state index is -0.702. The van der Waals surface area contributed by atoms with E-state index in [0.29, 0.717) is 0 Å². The highest BCUT2D eigenvalue weighted by Crippen LogP contribution is 2.11. The fraction of sp³-hybridized carbons (Fsp3) is 0.615. The number of nitrogens with zero attached hydrogens (tertiary/aromatic N) is 1. The second-order valence-electron chi connectivity index (χ2n) is 4.44. The van der Waals surface area contributed by atoms with Crippen LogP contribution >= 0.6 is 0 Å². The molecular weight excluding hydrogens is 218 g/mol. The summed E-state index contributed by atoms with van der Waals surface area (Å²) in [6.45, 7) is 3.85. The van der Waals surface area contributed by atoms with Gasteiger partial charge < -0.3 is 14.4 Å². The van der Waals surface area contributed by atoms with E-state index < -0.39 is 5.97 Å². The topological polar surface area (TPSA) is 53.7 Å². The van der Waals surface area contributed by atoms with Crippen LogP contribution in [0.15, 0.2) is 16.7 Å². The summed E-state index contributed by atoms with van der Waals surface area (Å²) in [7, 11) is 2.07. The highest BCUT2D eigenvalue weighted by Gasteiger charge is 2.05. The van der Waals surface area contributed by atoms with Crippen molar-refractivity contribution in [3.05, 3.63) is 23.7 Å². The van der Waals surface area contributed by atoms with E-state index in [9.17, 15) is 4.79 Å². The molecule has 0 saturated carbocycles. The molecule has 0 saturated heterocycles. The average molecular weight is 239 g/mol. The molecule has 0 aliphatic carbocycles. The van der Waals surface area contributed by atoms with E-state index in [1.807, 2.05) is 13.0 Å². The number of carboxylic acid groups (broad SMARTS) is 1. The summed E-state index contributed by atoms with van der Waals surface area (Å²) in [5.41, 5.74) is 1.22. The van der Waals surface area contributed by atoms with Gasteiger partial charge in [-0.25, -0.2) is 0 Å². The quantitative estimate of drug-likeness (QED) is 0.709. The lowest BCUT2D eigenvalue weighted by Crippen LogP contribution is -2.19. The molecule has 1 rings (SSSR count). The van der Waals surface area contributed by atoms with Crippen molar-refractivity contribution in [2.75, 3.05) is 13.6 Å². The molecule has 0 atom stereocenters. The van der Waals surface area contributed by atoms with Gasteiger partial charge in [0.1, 0.15) is 5.76 Å². The average Bonchev–Trinajstić information content (AvgIpc) is 2.63. The number of aryl methyl sites for hydroxylation is 1. The van der Waals surface area contributed by atoms with E-state index in [0.717, 1.165) is 38.1 Å². The minimum absolute atomic E-state index is 0.282. The normalized spacial score (nSPS) is 11.0. The molecule has 0 spiro atoms. The Labute approximate surface area is 102 Å². The molecule has 4 heteroatoms. The summed E-state index contributed by atoms with van der Waals surface area (Å²) in [6, 6.07) is 2.00. The van der Waals surface area contributed by atoms with Crippen LogP contribution in [-0.2, 0) is 11.3 Å². The first kappa shape index (κ1) is 13.8. The summed E-state index contributed by atoms with van der Waals surface area (Å²) in [4.78, 5) is 12.6. The predicted octanol–water partition coefficient (Wildman–Crippen LogP) is 2.66. The van der Waals surface area contributed by atoms with E-state index >= 15 is 0 Å². The third-order valence-corrected chi connectivity index (χ3v) is 2.84. The monoisotopic (exact) mass is 239 g/mol. The third kappa shape index (κ3) is 5.54. The van der Waals surface area contributed by atoms with Gasteiger partial charge in [0, 0.05) is 18.5 Å². The van der Waals surface area contributed by atoms with Crippen LogP contribution in [0, 0.1) is 6.92 Å². The van der Waals surface area contributed by atoms with Crippen LogP contribution in [0.4, 0.5) is 0 Å². The molecule has 0 fully saturated rings. The highest BCUT2D eigenvalue weighted by atomic mass is 16.4. The van der Waals surface area contributed by atoms with Gasteiger partial charge in [0.2, 0.25) is 0 Å². The Bertz CT molecular complexity index is 346. The number of rotatable bonds is 8. The van der Waals surface area contributed by atoms with Crippen molar-refractivity contribution in [1.29, 1.82) is 0 Å². The fourth-order valence-corrected chi connectivity index (χ4v) is 1.78. The van der Waals surface area contributed by atoms with Gasteiger partial charge >= 0.3 is 5.97 Å². The van der Waals surface area contributed by atoms with Gasteiger partial charge in [-0.05, 0) is 39.4 Å². The van der Waals surface area contributed by atoms with Crippen molar-refractivity contribution in [2.24, 2.45) is 0 Å². The van der Waals surface area contributed by atoms with Crippen molar-refractivity contribution in [3.8, 4) is 0 Å². The number of furan rings is 1. The molecule has 17 heavy (non-hydrogen) atoms. The van der Waals surface area contributed by atoms with E-state index in [1.54, 1.807) is 6.26 Å². The maximum Gasteiger partial charge on any atom is 0.303 e. The minimum Gasteiger partial charge on any atom is -0.481 e. The van der Waals surface area contributed by atoms with Gasteiger partial charge in [-0.2, -0.15) is 0 Å². The summed E-state index contributed by atoms with van der Waals surface area (Å²) in [6.07, 6.45) is 4.78. The van der Waals surface area contributed by atoms with E-state index in [-0.39, 0.29) is 6.42 Å². The maximum absolute atomic E-state index is 10.3. The molecule has 1 aromatic heterocycles. The molecule has 0 radical (unpaired) electrons. The summed E-state index contributed by atoms with van der Waals surface area (Å²) >= 11 is 0. The van der Waals surface area contributed by atoms with Crippen LogP contribution in [-0.4, -0.2) is 29.6 Å². The Kier molecular flexibility index (Phi) is 5.77. The number of unbranched alkanes of at least 4 members (excludes halogenated alkanes) is 2. The van der Waals surface area contributed by atoms with Crippen LogP contribution in [0.25, 0.3) is 0 Å². The Morgan fingerprint density at radius 3 is 2.76 bits per heavy atom. The number of carboxylic acids is 1. The molecule has 1 N–H and O–H groups in total. The van der Waals surface area contributed by atoms with Crippen LogP contribution in [0.2, 0.25) is 0 Å². The lowest BCUT2D eigenvalue weighted by atomic mass is 10.2. The van der Waals surface area contributed by atoms with Crippen molar-refractivity contribution >= 4 is 5.97 Å². The van der Waals surface area contributed by atoms with Gasteiger partial charge in [-0.1, -0.05) is 6.42 Å². The maximum atomic E-state index is 10.3. The molecule has 0 bridgehead atoms. The van der Waals surface area contributed by atoms with Gasteiger partial charge in [0.15, 0.2) is 0 Å². The molecule has 0 unspecified atom stereocenters. The zero-order valence-corrected chi connectivity index (χ0v) is 10.6. The second-order valence-corrected chi connectivity index (χ2v) is 4.44. The van der Waals surface area contributed by atoms with Crippen molar-refractivity contribution in [2.45, 2.75) is 39.2 Å².